The number of hydrogen-bond donors (Lipinski definition) is 3. The Labute approximate surface area is 198 Å². The summed E-state index contributed by atoms with van der Waals surface area (Å²) in [4.78, 5) is 36.6. The number of carbonyl (C=O) groups excluding carboxylic acids is 2. The average molecular weight is 463 g/mol. The molecule has 5 rings (SSSR count). The maximum Gasteiger partial charge on any atom is 0.407 e. The van der Waals surface area contributed by atoms with Gasteiger partial charge in [0, 0.05) is 18.0 Å². The van der Waals surface area contributed by atoms with Gasteiger partial charge in [-0.15, -0.1) is 0 Å². The van der Waals surface area contributed by atoms with Crippen LogP contribution in [0.25, 0.3) is 11.1 Å². The second-order valence-corrected chi connectivity index (χ2v) is 9.68. The molecule has 2 aromatic carbocycles. The van der Waals surface area contributed by atoms with Crippen LogP contribution in [0.1, 0.15) is 55.6 Å². The monoisotopic (exact) mass is 462 g/mol. The fourth-order valence-electron chi connectivity index (χ4n) is 5.65. The van der Waals surface area contributed by atoms with Crippen LogP contribution in [0.3, 0.4) is 0 Å². The minimum Gasteiger partial charge on any atom is -0.481 e. The van der Waals surface area contributed by atoms with E-state index in [1.807, 2.05) is 24.3 Å². The van der Waals surface area contributed by atoms with E-state index in [1.165, 1.54) is 11.1 Å². The minimum absolute atomic E-state index is 0.00982. The predicted octanol–water partition coefficient (Wildman–Crippen LogP) is 4.06. The van der Waals surface area contributed by atoms with Gasteiger partial charge in [0.1, 0.15) is 6.61 Å². The van der Waals surface area contributed by atoms with Gasteiger partial charge in [0.15, 0.2) is 0 Å². The summed E-state index contributed by atoms with van der Waals surface area (Å²) >= 11 is 0. The third kappa shape index (κ3) is 4.39. The molecule has 0 spiro atoms. The van der Waals surface area contributed by atoms with Gasteiger partial charge in [-0.1, -0.05) is 61.4 Å². The molecule has 34 heavy (non-hydrogen) atoms. The zero-order valence-electron chi connectivity index (χ0n) is 19.0. The molecule has 0 bridgehead atoms. The second-order valence-electron chi connectivity index (χ2n) is 9.68. The van der Waals surface area contributed by atoms with Crippen molar-refractivity contribution in [2.75, 3.05) is 6.61 Å². The first kappa shape index (κ1) is 22.4. The SMILES string of the molecule is O=C(N[C@@H]1CCCC[C@@H]1C(=O)NC1CC(C(=O)O)C1)OCC1c2ccccc2-c2ccccc21. The molecule has 3 aliphatic rings. The highest BCUT2D eigenvalue weighted by atomic mass is 16.5. The first-order valence-corrected chi connectivity index (χ1v) is 12.2. The summed E-state index contributed by atoms with van der Waals surface area (Å²) in [7, 11) is 0. The van der Waals surface area contributed by atoms with Crippen molar-refractivity contribution in [3.63, 3.8) is 0 Å². The van der Waals surface area contributed by atoms with Crippen molar-refractivity contribution in [1.82, 2.24) is 10.6 Å². The van der Waals surface area contributed by atoms with Crippen LogP contribution in [0.2, 0.25) is 0 Å². The van der Waals surface area contributed by atoms with Gasteiger partial charge in [0.2, 0.25) is 5.91 Å². The molecule has 178 valence electrons. The fraction of sp³-hybridized carbons (Fsp3) is 0.444. The topological polar surface area (TPSA) is 105 Å². The lowest BCUT2D eigenvalue weighted by atomic mass is 9.79. The summed E-state index contributed by atoms with van der Waals surface area (Å²) in [6, 6.07) is 16.0. The Morgan fingerprint density at radius 2 is 1.50 bits per heavy atom. The van der Waals surface area contributed by atoms with E-state index < -0.39 is 12.1 Å². The molecule has 3 aliphatic carbocycles. The lowest BCUT2D eigenvalue weighted by Crippen LogP contribution is -2.53. The molecule has 2 atom stereocenters. The smallest absolute Gasteiger partial charge is 0.407 e. The maximum atomic E-state index is 12.9. The molecule has 2 amide bonds. The van der Waals surface area contributed by atoms with Crippen LogP contribution in [0.4, 0.5) is 4.79 Å². The predicted molar refractivity (Wildman–Crippen MR) is 126 cm³/mol. The summed E-state index contributed by atoms with van der Waals surface area (Å²) in [5, 5.41) is 15.0. The first-order valence-electron chi connectivity index (χ1n) is 12.2. The van der Waals surface area contributed by atoms with Crippen LogP contribution in [0.15, 0.2) is 48.5 Å². The molecule has 3 N–H and O–H groups in total. The van der Waals surface area contributed by atoms with Crippen molar-refractivity contribution >= 4 is 18.0 Å². The van der Waals surface area contributed by atoms with Gasteiger partial charge in [0.25, 0.3) is 0 Å². The van der Waals surface area contributed by atoms with E-state index in [4.69, 9.17) is 9.84 Å². The van der Waals surface area contributed by atoms with Crippen LogP contribution in [0, 0.1) is 11.8 Å². The zero-order chi connectivity index (χ0) is 23.7. The van der Waals surface area contributed by atoms with Crippen LogP contribution >= 0.6 is 0 Å². The fourth-order valence-corrected chi connectivity index (χ4v) is 5.65. The van der Waals surface area contributed by atoms with E-state index in [-0.39, 0.29) is 42.4 Å². The molecule has 2 fully saturated rings. The lowest BCUT2D eigenvalue weighted by Gasteiger charge is -2.36. The molecule has 2 aromatic rings. The van der Waals surface area contributed by atoms with Crippen molar-refractivity contribution in [3.05, 3.63) is 59.7 Å². The minimum atomic E-state index is -0.807. The Morgan fingerprint density at radius 1 is 0.882 bits per heavy atom. The third-order valence-corrected chi connectivity index (χ3v) is 7.58. The Hall–Kier alpha value is -3.35. The zero-order valence-corrected chi connectivity index (χ0v) is 19.0. The average Bonchev–Trinajstić information content (AvgIpc) is 3.13. The first-order chi connectivity index (χ1) is 16.5. The number of aliphatic carboxylic acids is 1. The molecule has 0 aromatic heterocycles. The second kappa shape index (κ2) is 9.49. The number of fused-ring (bicyclic) bond motifs is 3. The van der Waals surface area contributed by atoms with Crippen LogP contribution in [0.5, 0.6) is 0 Å². The number of ether oxygens (including phenoxy) is 1. The molecule has 7 nitrogen and oxygen atoms in total. The number of rotatable bonds is 6. The number of amides is 2. The Balaban J connectivity index is 1.18. The van der Waals surface area contributed by atoms with E-state index in [2.05, 4.69) is 34.9 Å². The highest BCUT2D eigenvalue weighted by Crippen LogP contribution is 2.44. The quantitative estimate of drug-likeness (QED) is 0.600. The molecule has 0 saturated heterocycles. The summed E-state index contributed by atoms with van der Waals surface area (Å²) in [6.07, 6.45) is 3.75. The molecule has 0 radical (unpaired) electrons. The number of alkyl carbamates (subject to hydrolysis) is 1. The van der Waals surface area contributed by atoms with Crippen molar-refractivity contribution in [3.8, 4) is 11.1 Å². The van der Waals surface area contributed by atoms with Gasteiger partial charge in [-0.25, -0.2) is 4.79 Å². The van der Waals surface area contributed by atoms with Crippen LogP contribution in [-0.4, -0.2) is 41.8 Å². The van der Waals surface area contributed by atoms with Crippen LogP contribution in [-0.2, 0) is 14.3 Å². The largest absolute Gasteiger partial charge is 0.481 e. The third-order valence-electron chi connectivity index (χ3n) is 7.58. The van der Waals surface area contributed by atoms with Gasteiger partial charge < -0.3 is 20.5 Å². The van der Waals surface area contributed by atoms with E-state index >= 15 is 0 Å². The van der Waals surface area contributed by atoms with Gasteiger partial charge >= 0.3 is 12.1 Å². The summed E-state index contributed by atoms with van der Waals surface area (Å²) in [6.45, 7) is 0.238. The molecule has 0 heterocycles. The summed E-state index contributed by atoms with van der Waals surface area (Å²) < 4.78 is 5.68. The molecular formula is C27H30N2O5. The van der Waals surface area contributed by atoms with Gasteiger partial charge in [-0.3, -0.25) is 9.59 Å². The normalized spacial score (nSPS) is 25.4. The number of benzene rings is 2. The number of carbonyl (C=O) groups is 3. The number of carboxylic acids is 1. The van der Waals surface area contributed by atoms with E-state index in [1.54, 1.807) is 0 Å². The Morgan fingerprint density at radius 3 is 2.15 bits per heavy atom. The number of nitrogens with one attached hydrogen (secondary N) is 2. The van der Waals surface area contributed by atoms with Crippen molar-refractivity contribution in [1.29, 1.82) is 0 Å². The van der Waals surface area contributed by atoms with E-state index in [0.717, 1.165) is 30.4 Å². The summed E-state index contributed by atoms with van der Waals surface area (Å²) in [5.41, 5.74) is 4.67. The molecular weight excluding hydrogens is 432 g/mol. The van der Waals surface area contributed by atoms with E-state index in [0.29, 0.717) is 19.3 Å². The van der Waals surface area contributed by atoms with Crippen LogP contribution < -0.4 is 10.6 Å². The Bertz CT molecular complexity index is 1050. The highest BCUT2D eigenvalue weighted by molar-refractivity contribution is 5.82. The molecule has 7 heteroatoms. The van der Waals surface area contributed by atoms with Gasteiger partial charge in [-0.2, -0.15) is 0 Å². The number of hydrogen-bond acceptors (Lipinski definition) is 4. The number of carboxylic acid groups (broad SMARTS) is 1. The van der Waals surface area contributed by atoms with Crippen molar-refractivity contribution in [2.45, 2.75) is 56.5 Å². The molecule has 0 unspecified atom stereocenters. The lowest BCUT2D eigenvalue weighted by molar-refractivity contribution is -0.146. The standard InChI is InChI=1S/C27H30N2O5/c30-25(28-17-13-16(14-17)26(31)32)22-11-5-6-12-24(22)29-27(33)34-15-23-20-9-3-1-7-18(20)19-8-2-4-10-21(19)23/h1-4,7-10,16-17,22-24H,5-6,11-15H2,(H,28,30)(H,29,33)(H,31,32)/t16?,17?,22-,24+/m0/s1. The van der Waals surface area contributed by atoms with Crippen molar-refractivity contribution in [2.24, 2.45) is 11.8 Å². The van der Waals surface area contributed by atoms with Crippen molar-refractivity contribution < 1.29 is 24.2 Å². The van der Waals surface area contributed by atoms with E-state index in [9.17, 15) is 14.4 Å². The van der Waals surface area contributed by atoms with Gasteiger partial charge in [0.05, 0.1) is 11.8 Å². The maximum absolute atomic E-state index is 12.9. The molecule has 2 saturated carbocycles. The van der Waals surface area contributed by atoms with Gasteiger partial charge in [-0.05, 0) is 47.9 Å². The summed E-state index contributed by atoms with van der Waals surface area (Å²) in [5.74, 6) is -1.61. The highest BCUT2D eigenvalue weighted by Gasteiger charge is 2.39. The molecule has 0 aliphatic heterocycles. The Kier molecular flexibility index (Phi) is 6.26.